The zero-order chi connectivity index (χ0) is 23.7. The van der Waals surface area contributed by atoms with E-state index in [0.717, 1.165) is 46.5 Å². The summed E-state index contributed by atoms with van der Waals surface area (Å²) in [6.45, 7) is 7.28. The zero-order valence-corrected chi connectivity index (χ0v) is 20.8. The lowest BCUT2D eigenvalue weighted by Crippen LogP contribution is -2.11. The molecule has 0 bridgehead atoms. The van der Waals surface area contributed by atoms with Crippen LogP contribution >= 0.6 is 11.3 Å². The Hall–Kier alpha value is -3.12. The molecule has 5 nitrogen and oxygen atoms in total. The number of aryl methyl sites for hydroxylation is 3. The second-order valence-electron chi connectivity index (χ2n) is 9.23. The molecule has 0 aliphatic heterocycles. The van der Waals surface area contributed by atoms with Crippen LogP contribution in [0.25, 0.3) is 21.6 Å². The summed E-state index contributed by atoms with van der Waals surface area (Å²) in [7, 11) is 0. The lowest BCUT2D eigenvalue weighted by molar-refractivity contribution is 0.215. The van der Waals surface area contributed by atoms with Crippen molar-refractivity contribution < 1.29 is 9.47 Å². The predicted molar refractivity (Wildman–Crippen MR) is 139 cm³/mol. The standard InChI is InChI=1S/C28H30N2O3S/c1-17(2)21-12-11-18(3)15-23(21)33-14-13-32-20-8-6-7-19(16-20)26-29-27(31)25-22-9-4-5-10-24(22)34-28(25)30-26/h6-8,11-12,15-17H,4-5,9-10,13-14H2,1-3H3,(H,29,30,31). The van der Waals surface area contributed by atoms with E-state index in [2.05, 4.69) is 44.0 Å². The van der Waals surface area contributed by atoms with Gasteiger partial charge < -0.3 is 14.5 Å². The van der Waals surface area contributed by atoms with Gasteiger partial charge in [-0.2, -0.15) is 0 Å². The third-order valence-electron chi connectivity index (χ3n) is 6.33. The minimum absolute atomic E-state index is 0.0433. The second kappa shape index (κ2) is 9.63. The van der Waals surface area contributed by atoms with Crippen molar-refractivity contribution in [2.45, 2.75) is 52.4 Å². The molecular formula is C28H30N2O3S. The Morgan fingerprint density at radius 3 is 2.74 bits per heavy atom. The van der Waals surface area contributed by atoms with Gasteiger partial charge in [-0.15, -0.1) is 11.3 Å². The molecule has 0 unspecified atom stereocenters. The van der Waals surface area contributed by atoms with Gasteiger partial charge in [0.05, 0.1) is 5.39 Å². The topological polar surface area (TPSA) is 64.2 Å². The minimum Gasteiger partial charge on any atom is -0.490 e. The number of hydrogen-bond donors (Lipinski definition) is 1. The van der Waals surface area contributed by atoms with Gasteiger partial charge in [-0.1, -0.05) is 38.1 Å². The number of fused-ring (bicyclic) bond motifs is 3. The van der Waals surface area contributed by atoms with Gasteiger partial charge in [0, 0.05) is 10.4 Å². The number of aromatic nitrogens is 2. The summed E-state index contributed by atoms with van der Waals surface area (Å²) in [6.07, 6.45) is 4.37. The Labute approximate surface area is 203 Å². The Kier molecular flexibility index (Phi) is 6.42. The van der Waals surface area contributed by atoms with E-state index in [1.807, 2.05) is 24.3 Å². The molecule has 0 saturated heterocycles. The molecule has 0 fully saturated rings. The van der Waals surface area contributed by atoms with Gasteiger partial charge in [0.25, 0.3) is 5.56 Å². The lowest BCUT2D eigenvalue weighted by atomic mass is 9.97. The molecule has 0 spiro atoms. The van der Waals surface area contributed by atoms with Gasteiger partial charge in [0.15, 0.2) is 0 Å². The van der Waals surface area contributed by atoms with E-state index in [1.54, 1.807) is 11.3 Å². The van der Waals surface area contributed by atoms with Gasteiger partial charge in [-0.3, -0.25) is 4.79 Å². The van der Waals surface area contributed by atoms with Gasteiger partial charge in [0.2, 0.25) is 0 Å². The summed E-state index contributed by atoms with van der Waals surface area (Å²) >= 11 is 1.67. The molecule has 34 heavy (non-hydrogen) atoms. The van der Waals surface area contributed by atoms with Crippen LogP contribution in [-0.2, 0) is 12.8 Å². The van der Waals surface area contributed by atoms with Crippen molar-refractivity contribution in [3.8, 4) is 22.9 Å². The number of H-pyrrole nitrogens is 1. The molecular weight excluding hydrogens is 444 g/mol. The highest BCUT2D eigenvalue weighted by Crippen LogP contribution is 2.34. The van der Waals surface area contributed by atoms with Gasteiger partial charge >= 0.3 is 0 Å². The van der Waals surface area contributed by atoms with Crippen molar-refractivity contribution in [3.63, 3.8) is 0 Å². The Balaban J connectivity index is 1.30. The molecule has 0 atom stereocenters. The molecule has 2 aromatic heterocycles. The van der Waals surface area contributed by atoms with Crippen LogP contribution in [0.4, 0.5) is 0 Å². The molecule has 0 radical (unpaired) electrons. The molecule has 1 N–H and O–H groups in total. The molecule has 2 aromatic carbocycles. The predicted octanol–water partition coefficient (Wildman–Crippen LogP) is 6.42. The second-order valence-corrected chi connectivity index (χ2v) is 10.3. The summed E-state index contributed by atoms with van der Waals surface area (Å²) in [5.41, 5.74) is 4.38. The molecule has 1 aliphatic carbocycles. The first-order valence-corrected chi connectivity index (χ1v) is 12.8. The summed E-state index contributed by atoms with van der Waals surface area (Å²) < 4.78 is 12.0. The number of nitrogens with zero attached hydrogens (tertiary/aromatic N) is 1. The zero-order valence-electron chi connectivity index (χ0n) is 19.9. The van der Waals surface area contributed by atoms with E-state index in [1.165, 1.54) is 28.0 Å². The van der Waals surface area contributed by atoms with E-state index in [-0.39, 0.29) is 5.56 Å². The van der Waals surface area contributed by atoms with Crippen LogP contribution in [0.2, 0.25) is 0 Å². The van der Waals surface area contributed by atoms with Crippen LogP contribution in [-0.4, -0.2) is 23.2 Å². The van der Waals surface area contributed by atoms with E-state index < -0.39 is 0 Å². The number of hydrogen-bond acceptors (Lipinski definition) is 5. The van der Waals surface area contributed by atoms with Gasteiger partial charge in [0.1, 0.15) is 35.4 Å². The number of ether oxygens (including phenoxy) is 2. The Bertz CT molecular complexity index is 1390. The maximum absolute atomic E-state index is 12.9. The van der Waals surface area contributed by atoms with Crippen LogP contribution < -0.4 is 15.0 Å². The Morgan fingerprint density at radius 2 is 1.88 bits per heavy atom. The molecule has 4 aromatic rings. The van der Waals surface area contributed by atoms with E-state index in [4.69, 9.17) is 14.5 Å². The smallest absolute Gasteiger partial charge is 0.260 e. The van der Waals surface area contributed by atoms with Crippen LogP contribution in [0.15, 0.2) is 47.3 Å². The molecule has 2 heterocycles. The number of nitrogens with one attached hydrogen (secondary N) is 1. The number of aromatic amines is 1. The molecule has 1 aliphatic rings. The summed E-state index contributed by atoms with van der Waals surface area (Å²) in [4.78, 5) is 22.9. The molecule has 176 valence electrons. The highest BCUT2D eigenvalue weighted by atomic mass is 32.1. The van der Waals surface area contributed by atoms with Crippen LogP contribution in [0.1, 0.15) is 54.2 Å². The van der Waals surface area contributed by atoms with Crippen molar-refractivity contribution in [2.75, 3.05) is 13.2 Å². The average molecular weight is 475 g/mol. The van der Waals surface area contributed by atoms with E-state index >= 15 is 0 Å². The lowest BCUT2D eigenvalue weighted by Gasteiger charge is -2.15. The third kappa shape index (κ3) is 4.60. The maximum Gasteiger partial charge on any atom is 0.260 e. The third-order valence-corrected chi connectivity index (χ3v) is 7.52. The van der Waals surface area contributed by atoms with E-state index in [9.17, 15) is 4.79 Å². The van der Waals surface area contributed by atoms with E-state index in [0.29, 0.717) is 25.0 Å². The van der Waals surface area contributed by atoms with Crippen molar-refractivity contribution >= 4 is 21.6 Å². The normalized spacial score (nSPS) is 13.3. The fourth-order valence-electron chi connectivity index (χ4n) is 4.59. The quantitative estimate of drug-likeness (QED) is 0.314. The highest BCUT2D eigenvalue weighted by molar-refractivity contribution is 7.18. The highest BCUT2D eigenvalue weighted by Gasteiger charge is 2.20. The maximum atomic E-state index is 12.9. The van der Waals surface area contributed by atoms with Gasteiger partial charge in [-0.05, 0) is 73.4 Å². The summed E-state index contributed by atoms with van der Waals surface area (Å²) in [5.74, 6) is 2.62. The van der Waals surface area contributed by atoms with Crippen molar-refractivity contribution in [1.82, 2.24) is 9.97 Å². The van der Waals surface area contributed by atoms with Crippen molar-refractivity contribution in [3.05, 3.63) is 74.4 Å². The molecule has 0 amide bonds. The monoisotopic (exact) mass is 474 g/mol. The first-order valence-electron chi connectivity index (χ1n) is 12.0. The fraction of sp³-hybridized carbons (Fsp3) is 0.357. The minimum atomic E-state index is -0.0433. The number of rotatable bonds is 7. The van der Waals surface area contributed by atoms with Crippen molar-refractivity contribution in [1.29, 1.82) is 0 Å². The molecule has 6 heteroatoms. The number of benzene rings is 2. The number of thiophene rings is 1. The van der Waals surface area contributed by atoms with Crippen LogP contribution in [0, 0.1) is 6.92 Å². The average Bonchev–Trinajstić information content (AvgIpc) is 3.21. The summed E-state index contributed by atoms with van der Waals surface area (Å²) in [5, 5.41) is 0.782. The Morgan fingerprint density at radius 1 is 1.06 bits per heavy atom. The first-order chi connectivity index (χ1) is 16.5. The first kappa shape index (κ1) is 22.7. The fourth-order valence-corrected chi connectivity index (χ4v) is 5.85. The largest absolute Gasteiger partial charge is 0.490 e. The SMILES string of the molecule is Cc1ccc(C(C)C)c(OCCOc2cccc(-c3nc4sc5c(c4c(=O)[nH]3)CCCC5)c2)c1. The molecule has 5 rings (SSSR count). The van der Waals surface area contributed by atoms with Gasteiger partial charge in [-0.25, -0.2) is 4.98 Å². The molecule has 0 saturated carbocycles. The van der Waals surface area contributed by atoms with Crippen LogP contribution in [0.5, 0.6) is 11.5 Å². The van der Waals surface area contributed by atoms with Crippen LogP contribution in [0.3, 0.4) is 0 Å². The van der Waals surface area contributed by atoms with Crippen molar-refractivity contribution in [2.24, 2.45) is 0 Å². The summed E-state index contributed by atoms with van der Waals surface area (Å²) in [6, 6.07) is 14.0.